The summed E-state index contributed by atoms with van der Waals surface area (Å²) in [6.07, 6.45) is 5.34. The van der Waals surface area contributed by atoms with Gasteiger partial charge < -0.3 is 14.7 Å². The molecule has 0 aliphatic heterocycles. The summed E-state index contributed by atoms with van der Waals surface area (Å²) in [4.78, 5) is 13.8. The van der Waals surface area contributed by atoms with E-state index in [-0.39, 0.29) is 19.3 Å². The average molecular weight is 243 g/mol. The number of hydrogen-bond acceptors (Lipinski definition) is 3. The first kappa shape index (κ1) is 14.3. The van der Waals surface area contributed by atoms with Crippen molar-refractivity contribution in [2.75, 3.05) is 19.8 Å². The van der Waals surface area contributed by atoms with E-state index >= 15 is 0 Å². The summed E-state index contributed by atoms with van der Waals surface area (Å²) in [5, 5.41) is 8.68. The molecule has 0 bridgehead atoms. The van der Waals surface area contributed by atoms with E-state index in [0.29, 0.717) is 12.0 Å². The highest BCUT2D eigenvalue weighted by Crippen LogP contribution is 2.24. The zero-order valence-corrected chi connectivity index (χ0v) is 11.0. The molecule has 1 aliphatic rings. The molecule has 100 valence electrons. The first-order valence-corrected chi connectivity index (χ1v) is 6.69. The number of hydrogen-bond donors (Lipinski definition) is 1. The van der Waals surface area contributed by atoms with Crippen molar-refractivity contribution in [2.45, 2.75) is 52.0 Å². The van der Waals surface area contributed by atoms with Crippen molar-refractivity contribution < 1.29 is 14.6 Å². The van der Waals surface area contributed by atoms with Crippen LogP contribution in [0.1, 0.15) is 46.0 Å². The quantitative estimate of drug-likeness (QED) is 0.779. The van der Waals surface area contributed by atoms with Gasteiger partial charge in [0.05, 0.1) is 6.61 Å². The van der Waals surface area contributed by atoms with Crippen LogP contribution >= 0.6 is 0 Å². The van der Waals surface area contributed by atoms with Crippen LogP contribution < -0.4 is 0 Å². The van der Waals surface area contributed by atoms with Gasteiger partial charge in [-0.3, -0.25) is 0 Å². The standard InChI is InChI=1S/C13H25NO3/c1-11(2)7-8-14(12-5-3-4-6-12)13(16)17-10-9-15/h11-12,15H,3-10H2,1-2H3. The van der Waals surface area contributed by atoms with Gasteiger partial charge in [-0.1, -0.05) is 26.7 Å². The summed E-state index contributed by atoms with van der Waals surface area (Å²) >= 11 is 0. The predicted molar refractivity (Wildman–Crippen MR) is 66.9 cm³/mol. The second-order valence-electron chi connectivity index (χ2n) is 5.15. The molecular weight excluding hydrogens is 218 g/mol. The van der Waals surface area contributed by atoms with E-state index in [2.05, 4.69) is 13.8 Å². The van der Waals surface area contributed by atoms with Gasteiger partial charge in [0.1, 0.15) is 6.61 Å². The number of carbonyl (C=O) groups excluding carboxylic acids is 1. The molecule has 1 N–H and O–H groups in total. The fourth-order valence-corrected chi connectivity index (χ4v) is 2.25. The van der Waals surface area contributed by atoms with Crippen molar-refractivity contribution in [1.82, 2.24) is 4.90 Å². The van der Waals surface area contributed by atoms with Gasteiger partial charge in [0.15, 0.2) is 0 Å². The van der Waals surface area contributed by atoms with Crippen molar-refractivity contribution in [3.05, 3.63) is 0 Å². The van der Waals surface area contributed by atoms with Crippen LogP contribution in [-0.4, -0.2) is 41.9 Å². The molecular formula is C13H25NO3. The molecule has 0 aromatic heterocycles. The molecule has 1 aliphatic carbocycles. The van der Waals surface area contributed by atoms with Gasteiger partial charge in [0.2, 0.25) is 0 Å². The average Bonchev–Trinajstić information content (AvgIpc) is 2.79. The van der Waals surface area contributed by atoms with E-state index in [1.807, 2.05) is 4.90 Å². The van der Waals surface area contributed by atoms with Crippen LogP contribution in [-0.2, 0) is 4.74 Å². The minimum atomic E-state index is -0.258. The third-order valence-electron chi connectivity index (χ3n) is 3.26. The van der Waals surface area contributed by atoms with E-state index in [1.54, 1.807) is 0 Å². The Bertz CT molecular complexity index is 225. The Balaban J connectivity index is 2.47. The lowest BCUT2D eigenvalue weighted by Crippen LogP contribution is -2.40. The second-order valence-corrected chi connectivity index (χ2v) is 5.15. The summed E-state index contributed by atoms with van der Waals surface area (Å²) in [5.41, 5.74) is 0. The Labute approximate surface area is 104 Å². The van der Waals surface area contributed by atoms with Gasteiger partial charge in [0, 0.05) is 12.6 Å². The number of nitrogens with zero attached hydrogens (tertiary/aromatic N) is 1. The number of aliphatic hydroxyl groups excluding tert-OH is 1. The van der Waals surface area contributed by atoms with Gasteiger partial charge in [-0.05, 0) is 25.2 Å². The first-order valence-electron chi connectivity index (χ1n) is 6.69. The zero-order valence-electron chi connectivity index (χ0n) is 11.0. The Hall–Kier alpha value is -0.770. The van der Waals surface area contributed by atoms with Gasteiger partial charge in [-0.25, -0.2) is 4.79 Å². The van der Waals surface area contributed by atoms with Crippen LogP contribution in [0.15, 0.2) is 0 Å². The summed E-state index contributed by atoms with van der Waals surface area (Å²) < 4.78 is 5.04. The van der Waals surface area contributed by atoms with Crippen LogP contribution in [0, 0.1) is 5.92 Å². The highest BCUT2D eigenvalue weighted by atomic mass is 16.6. The summed E-state index contributed by atoms with van der Waals surface area (Å²) in [7, 11) is 0. The third kappa shape index (κ3) is 4.94. The number of amides is 1. The molecule has 0 radical (unpaired) electrons. The zero-order chi connectivity index (χ0) is 12.7. The largest absolute Gasteiger partial charge is 0.447 e. The maximum absolute atomic E-state index is 11.9. The van der Waals surface area contributed by atoms with Crippen LogP contribution in [0.5, 0.6) is 0 Å². The third-order valence-corrected chi connectivity index (χ3v) is 3.26. The van der Waals surface area contributed by atoms with Gasteiger partial charge in [0.25, 0.3) is 0 Å². The van der Waals surface area contributed by atoms with E-state index in [1.165, 1.54) is 12.8 Å². The molecule has 1 amide bonds. The molecule has 0 heterocycles. The topological polar surface area (TPSA) is 49.8 Å². The van der Waals surface area contributed by atoms with Crippen LogP contribution in [0.4, 0.5) is 4.79 Å². The van der Waals surface area contributed by atoms with Crippen molar-refractivity contribution in [3.63, 3.8) is 0 Å². The fraction of sp³-hybridized carbons (Fsp3) is 0.923. The SMILES string of the molecule is CC(C)CCN(C(=O)OCCO)C1CCCC1. The van der Waals surface area contributed by atoms with Crippen molar-refractivity contribution in [1.29, 1.82) is 0 Å². The molecule has 17 heavy (non-hydrogen) atoms. The molecule has 0 spiro atoms. The van der Waals surface area contributed by atoms with E-state index in [4.69, 9.17) is 9.84 Å². The molecule has 1 rings (SSSR count). The monoisotopic (exact) mass is 243 g/mol. The molecule has 0 atom stereocenters. The second kappa shape index (κ2) is 7.54. The molecule has 0 unspecified atom stereocenters. The van der Waals surface area contributed by atoms with Crippen molar-refractivity contribution in [3.8, 4) is 0 Å². The summed E-state index contributed by atoms with van der Waals surface area (Å²) in [6.45, 7) is 5.09. The molecule has 1 fully saturated rings. The Morgan fingerprint density at radius 2 is 2.06 bits per heavy atom. The molecule has 0 aromatic rings. The lowest BCUT2D eigenvalue weighted by molar-refractivity contribution is 0.0699. The Kier molecular flexibility index (Phi) is 6.34. The van der Waals surface area contributed by atoms with E-state index in [0.717, 1.165) is 25.8 Å². The van der Waals surface area contributed by atoms with Gasteiger partial charge in [-0.2, -0.15) is 0 Å². The fourth-order valence-electron chi connectivity index (χ4n) is 2.25. The lowest BCUT2D eigenvalue weighted by atomic mass is 10.1. The molecule has 1 saturated carbocycles. The summed E-state index contributed by atoms with van der Waals surface area (Å²) in [5.74, 6) is 0.588. The maximum Gasteiger partial charge on any atom is 0.410 e. The number of aliphatic hydroxyl groups is 1. The molecule has 0 saturated heterocycles. The summed E-state index contributed by atoms with van der Waals surface area (Å²) in [6, 6.07) is 0.347. The molecule has 4 heteroatoms. The van der Waals surface area contributed by atoms with Crippen molar-refractivity contribution >= 4 is 6.09 Å². The first-order chi connectivity index (χ1) is 8.15. The minimum absolute atomic E-state index is 0.101. The Morgan fingerprint density at radius 1 is 1.41 bits per heavy atom. The number of rotatable bonds is 6. The maximum atomic E-state index is 11.9. The predicted octanol–water partition coefficient (Wildman–Crippen LogP) is 2.41. The van der Waals surface area contributed by atoms with Gasteiger partial charge in [-0.15, -0.1) is 0 Å². The normalized spacial score (nSPS) is 16.5. The highest BCUT2D eigenvalue weighted by molar-refractivity contribution is 5.68. The van der Waals surface area contributed by atoms with Gasteiger partial charge >= 0.3 is 6.09 Å². The van der Waals surface area contributed by atoms with Crippen molar-refractivity contribution in [2.24, 2.45) is 5.92 Å². The molecule has 0 aromatic carbocycles. The number of ether oxygens (including phenoxy) is 1. The van der Waals surface area contributed by atoms with Crippen LogP contribution in [0.3, 0.4) is 0 Å². The van der Waals surface area contributed by atoms with E-state index in [9.17, 15) is 4.79 Å². The smallest absolute Gasteiger partial charge is 0.410 e. The van der Waals surface area contributed by atoms with Crippen LogP contribution in [0.25, 0.3) is 0 Å². The lowest BCUT2D eigenvalue weighted by Gasteiger charge is -2.28. The minimum Gasteiger partial charge on any atom is -0.447 e. The molecule has 4 nitrogen and oxygen atoms in total. The van der Waals surface area contributed by atoms with E-state index < -0.39 is 0 Å². The number of carbonyl (C=O) groups is 1. The van der Waals surface area contributed by atoms with Crippen LogP contribution in [0.2, 0.25) is 0 Å². The Morgan fingerprint density at radius 3 is 2.59 bits per heavy atom. The highest BCUT2D eigenvalue weighted by Gasteiger charge is 2.27.